The van der Waals surface area contributed by atoms with Crippen LogP contribution in [-0.2, 0) is 13.1 Å². The zero-order chi connectivity index (χ0) is 18.5. The van der Waals surface area contributed by atoms with Gasteiger partial charge in [-0.2, -0.15) is 10.2 Å². The number of nitrogens with zero attached hydrogens (tertiary/aromatic N) is 4. The Morgan fingerprint density at radius 2 is 2.04 bits per heavy atom. The molecule has 7 heteroatoms. The third-order valence-corrected chi connectivity index (χ3v) is 4.54. The molecule has 0 saturated carbocycles. The Hall–Kier alpha value is -2.67. The van der Waals surface area contributed by atoms with Crippen LogP contribution in [0.15, 0.2) is 48.8 Å². The van der Waals surface area contributed by atoms with Crippen molar-refractivity contribution in [3.8, 4) is 0 Å². The highest BCUT2D eigenvalue weighted by atomic mass is 32.1. The Bertz CT molecular complexity index is 882. The molecule has 0 fully saturated rings. The molecule has 2 N–H and O–H groups in total. The van der Waals surface area contributed by atoms with Crippen LogP contribution in [0, 0.1) is 6.92 Å². The van der Waals surface area contributed by atoms with Crippen LogP contribution in [-0.4, -0.2) is 24.7 Å². The molecular weight excluding hydrogens is 344 g/mol. The molecule has 0 spiro atoms. The van der Waals surface area contributed by atoms with Gasteiger partial charge in [-0.1, -0.05) is 24.3 Å². The zero-order valence-corrected chi connectivity index (χ0v) is 16.1. The van der Waals surface area contributed by atoms with Gasteiger partial charge < -0.3 is 10.6 Å². The number of rotatable bonds is 6. The maximum absolute atomic E-state index is 5.42. The zero-order valence-electron chi connectivity index (χ0n) is 15.3. The van der Waals surface area contributed by atoms with Crippen molar-refractivity contribution in [3.05, 3.63) is 65.6 Å². The number of nitrogens with one attached hydrogen (secondary N) is 2. The number of anilines is 1. The summed E-state index contributed by atoms with van der Waals surface area (Å²) in [6.45, 7) is 7.81. The molecule has 1 unspecified atom stereocenters. The highest BCUT2D eigenvalue weighted by Crippen LogP contribution is 2.13. The second kappa shape index (κ2) is 8.14. The quantitative estimate of drug-likeness (QED) is 0.652. The van der Waals surface area contributed by atoms with Gasteiger partial charge in [0.15, 0.2) is 10.9 Å². The molecule has 136 valence electrons. The van der Waals surface area contributed by atoms with Crippen LogP contribution in [0.3, 0.4) is 0 Å². The summed E-state index contributed by atoms with van der Waals surface area (Å²) >= 11 is 5.42. The number of aryl methyl sites for hydroxylation is 2. The topological polar surface area (TPSA) is 59.7 Å². The van der Waals surface area contributed by atoms with E-state index in [0.29, 0.717) is 5.11 Å². The number of hydrogen-bond acceptors (Lipinski definition) is 3. The van der Waals surface area contributed by atoms with Crippen molar-refractivity contribution in [2.45, 2.75) is 39.9 Å². The van der Waals surface area contributed by atoms with E-state index in [0.717, 1.165) is 24.6 Å². The Kier molecular flexibility index (Phi) is 5.68. The Morgan fingerprint density at radius 1 is 1.23 bits per heavy atom. The first-order chi connectivity index (χ1) is 12.6. The molecule has 0 aliphatic carbocycles. The van der Waals surface area contributed by atoms with Crippen LogP contribution in [0.2, 0.25) is 0 Å². The molecule has 3 aromatic rings. The second-order valence-electron chi connectivity index (χ2n) is 6.22. The fourth-order valence-electron chi connectivity index (χ4n) is 2.88. The average molecular weight is 369 g/mol. The van der Waals surface area contributed by atoms with Gasteiger partial charge >= 0.3 is 0 Å². The Morgan fingerprint density at radius 3 is 2.81 bits per heavy atom. The minimum Gasteiger partial charge on any atom is -0.354 e. The van der Waals surface area contributed by atoms with Crippen molar-refractivity contribution >= 4 is 23.1 Å². The molecule has 0 radical (unpaired) electrons. The van der Waals surface area contributed by atoms with Gasteiger partial charge in [-0.3, -0.25) is 9.36 Å². The summed E-state index contributed by atoms with van der Waals surface area (Å²) in [7, 11) is 0. The molecule has 3 rings (SSSR count). The third kappa shape index (κ3) is 4.29. The summed E-state index contributed by atoms with van der Waals surface area (Å²) in [5, 5.41) is 15.8. The Labute approximate surface area is 159 Å². The SMILES string of the molecule is CCn1nccc1C(C)NC(=S)Nc1ccn(Cc2ccccc2C)n1. The van der Waals surface area contributed by atoms with E-state index in [4.69, 9.17) is 12.2 Å². The van der Waals surface area contributed by atoms with E-state index in [1.807, 2.05) is 39.8 Å². The van der Waals surface area contributed by atoms with E-state index in [1.54, 1.807) is 6.20 Å². The van der Waals surface area contributed by atoms with Crippen LogP contribution in [0.4, 0.5) is 5.82 Å². The summed E-state index contributed by atoms with van der Waals surface area (Å²) in [6, 6.07) is 12.3. The number of benzene rings is 1. The van der Waals surface area contributed by atoms with Crippen LogP contribution in [0.5, 0.6) is 0 Å². The van der Waals surface area contributed by atoms with Crippen LogP contribution in [0.1, 0.15) is 36.7 Å². The number of hydrogen-bond donors (Lipinski definition) is 2. The summed E-state index contributed by atoms with van der Waals surface area (Å²) in [4.78, 5) is 0. The van der Waals surface area contributed by atoms with Crippen LogP contribution >= 0.6 is 12.2 Å². The first-order valence-electron chi connectivity index (χ1n) is 8.74. The summed E-state index contributed by atoms with van der Waals surface area (Å²) < 4.78 is 3.86. The van der Waals surface area contributed by atoms with Crippen molar-refractivity contribution < 1.29 is 0 Å². The monoisotopic (exact) mass is 368 g/mol. The van der Waals surface area contributed by atoms with E-state index >= 15 is 0 Å². The molecule has 0 bridgehead atoms. The largest absolute Gasteiger partial charge is 0.354 e. The lowest BCUT2D eigenvalue weighted by atomic mass is 10.1. The van der Waals surface area contributed by atoms with E-state index < -0.39 is 0 Å². The highest BCUT2D eigenvalue weighted by Gasteiger charge is 2.12. The maximum atomic E-state index is 5.42. The number of aromatic nitrogens is 4. The van der Waals surface area contributed by atoms with Gasteiger partial charge in [0.1, 0.15) is 0 Å². The average Bonchev–Trinajstić information content (AvgIpc) is 3.26. The highest BCUT2D eigenvalue weighted by molar-refractivity contribution is 7.80. The third-order valence-electron chi connectivity index (χ3n) is 4.32. The molecular formula is C19H24N6S. The maximum Gasteiger partial charge on any atom is 0.172 e. The minimum atomic E-state index is 0.0616. The molecule has 0 aliphatic heterocycles. The molecule has 1 atom stereocenters. The standard InChI is InChI=1S/C19H24N6S/c1-4-25-17(9-11-20-25)15(3)21-19(26)22-18-10-12-24(23-18)13-16-8-6-5-7-14(16)2/h5-12,15H,4,13H2,1-3H3,(H2,21,22,23,26). The lowest BCUT2D eigenvalue weighted by Gasteiger charge is -2.17. The predicted molar refractivity (Wildman–Crippen MR) is 108 cm³/mol. The van der Waals surface area contributed by atoms with Gasteiger partial charge in [0.2, 0.25) is 0 Å². The van der Waals surface area contributed by atoms with Gasteiger partial charge in [-0.25, -0.2) is 0 Å². The summed E-state index contributed by atoms with van der Waals surface area (Å²) in [6.07, 6.45) is 3.76. The van der Waals surface area contributed by atoms with Crippen molar-refractivity contribution in [1.29, 1.82) is 0 Å². The normalized spacial score (nSPS) is 12.0. The Balaban J connectivity index is 1.58. The van der Waals surface area contributed by atoms with Gasteiger partial charge in [0.25, 0.3) is 0 Å². The van der Waals surface area contributed by atoms with E-state index in [9.17, 15) is 0 Å². The molecule has 2 heterocycles. The van der Waals surface area contributed by atoms with Gasteiger partial charge in [0, 0.05) is 25.0 Å². The van der Waals surface area contributed by atoms with Gasteiger partial charge in [0.05, 0.1) is 18.3 Å². The molecule has 0 amide bonds. The molecule has 1 aromatic carbocycles. The summed E-state index contributed by atoms with van der Waals surface area (Å²) in [5.41, 5.74) is 3.61. The van der Waals surface area contributed by atoms with E-state index in [1.165, 1.54) is 11.1 Å². The lowest BCUT2D eigenvalue weighted by molar-refractivity contribution is 0.568. The number of thiocarbonyl (C=S) groups is 1. The van der Waals surface area contributed by atoms with E-state index in [-0.39, 0.29) is 6.04 Å². The van der Waals surface area contributed by atoms with Crippen LogP contribution in [0.25, 0.3) is 0 Å². The van der Waals surface area contributed by atoms with E-state index in [2.05, 4.69) is 53.7 Å². The van der Waals surface area contributed by atoms with Crippen LogP contribution < -0.4 is 10.6 Å². The fourth-order valence-corrected chi connectivity index (χ4v) is 3.16. The van der Waals surface area contributed by atoms with Crippen molar-refractivity contribution in [2.24, 2.45) is 0 Å². The van der Waals surface area contributed by atoms with Gasteiger partial charge in [-0.15, -0.1) is 0 Å². The van der Waals surface area contributed by atoms with Crippen molar-refractivity contribution in [1.82, 2.24) is 24.9 Å². The van der Waals surface area contributed by atoms with Gasteiger partial charge in [-0.05, 0) is 50.2 Å². The van der Waals surface area contributed by atoms with Crippen molar-refractivity contribution in [3.63, 3.8) is 0 Å². The second-order valence-corrected chi connectivity index (χ2v) is 6.63. The fraction of sp³-hybridized carbons (Fsp3) is 0.316. The van der Waals surface area contributed by atoms with Crippen molar-refractivity contribution in [2.75, 3.05) is 5.32 Å². The summed E-state index contributed by atoms with van der Waals surface area (Å²) in [5.74, 6) is 0.729. The first kappa shape index (κ1) is 18.1. The minimum absolute atomic E-state index is 0.0616. The predicted octanol–water partition coefficient (Wildman–Crippen LogP) is 3.50. The lowest BCUT2D eigenvalue weighted by Crippen LogP contribution is -2.32. The molecule has 26 heavy (non-hydrogen) atoms. The molecule has 0 aliphatic rings. The first-order valence-corrected chi connectivity index (χ1v) is 9.15. The molecule has 2 aromatic heterocycles. The smallest absolute Gasteiger partial charge is 0.172 e. The molecule has 0 saturated heterocycles. The molecule has 6 nitrogen and oxygen atoms in total.